The number of carbonyl (C=O) groups excluding carboxylic acids is 3. The zero-order valence-corrected chi connectivity index (χ0v) is 14.1. The van der Waals surface area contributed by atoms with Crippen molar-refractivity contribution in [3.05, 3.63) is 35.6 Å². The highest BCUT2D eigenvalue weighted by molar-refractivity contribution is 6.09. The Morgan fingerprint density at radius 3 is 2.67 bits per heavy atom. The minimum atomic E-state index is -1.52. The van der Waals surface area contributed by atoms with Gasteiger partial charge in [-0.05, 0) is 26.3 Å². The molecular formula is C17H22FN3O3. The summed E-state index contributed by atoms with van der Waals surface area (Å²) in [7, 11) is 0. The smallest absolute Gasteiger partial charge is 0.325 e. The van der Waals surface area contributed by atoms with Gasteiger partial charge in [0.25, 0.3) is 5.91 Å². The van der Waals surface area contributed by atoms with E-state index in [1.165, 1.54) is 25.1 Å². The molecule has 1 fully saturated rings. The van der Waals surface area contributed by atoms with Gasteiger partial charge in [0.2, 0.25) is 5.91 Å². The van der Waals surface area contributed by atoms with Gasteiger partial charge in [0.15, 0.2) is 0 Å². The zero-order valence-electron chi connectivity index (χ0n) is 14.1. The van der Waals surface area contributed by atoms with E-state index < -0.39 is 29.2 Å². The number of hydrogen-bond donors (Lipinski definition) is 2. The number of carbonyl (C=O) groups is 3. The van der Waals surface area contributed by atoms with Crippen molar-refractivity contribution in [1.82, 2.24) is 15.5 Å². The van der Waals surface area contributed by atoms with Crippen molar-refractivity contribution in [3.8, 4) is 0 Å². The lowest BCUT2D eigenvalue weighted by molar-refractivity contribution is -0.135. The number of benzene rings is 1. The van der Waals surface area contributed by atoms with Gasteiger partial charge in [-0.25, -0.2) is 9.18 Å². The van der Waals surface area contributed by atoms with Crippen LogP contribution in [0.3, 0.4) is 0 Å². The van der Waals surface area contributed by atoms with E-state index >= 15 is 0 Å². The SMILES string of the molecule is CCC[C@H](C)NC(=O)CN1C(=O)N[C@](C)(c2ccccc2F)C1=O. The van der Waals surface area contributed by atoms with E-state index in [1.807, 2.05) is 13.8 Å². The normalized spacial score (nSPS) is 21.6. The van der Waals surface area contributed by atoms with Gasteiger partial charge < -0.3 is 10.6 Å². The van der Waals surface area contributed by atoms with Crippen molar-refractivity contribution in [2.45, 2.75) is 45.2 Å². The summed E-state index contributed by atoms with van der Waals surface area (Å²) in [5.74, 6) is -1.65. The number of rotatable bonds is 6. The minimum absolute atomic E-state index is 0.0405. The van der Waals surface area contributed by atoms with E-state index in [4.69, 9.17) is 0 Å². The first-order valence-corrected chi connectivity index (χ1v) is 7.98. The van der Waals surface area contributed by atoms with Crippen molar-refractivity contribution in [3.63, 3.8) is 0 Å². The monoisotopic (exact) mass is 335 g/mol. The molecule has 24 heavy (non-hydrogen) atoms. The number of nitrogens with one attached hydrogen (secondary N) is 2. The maximum absolute atomic E-state index is 14.0. The van der Waals surface area contributed by atoms with Gasteiger partial charge in [-0.1, -0.05) is 31.5 Å². The third-order valence-corrected chi connectivity index (χ3v) is 4.12. The Hall–Kier alpha value is -2.44. The quantitative estimate of drug-likeness (QED) is 0.779. The Balaban J connectivity index is 2.14. The summed E-state index contributed by atoms with van der Waals surface area (Å²) in [6, 6.07) is 5.02. The van der Waals surface area contributed by atoms with E-state index in [-0.39, 0.29) is 18.2 Å². The molecule has 1 aromatic rings. The fraction of sp³-hybridized carbons (Fsp3) is 0.471. The molecule has 4 amide bonds. The van der Waals surface area contributed by atoms with Crippen LogP contribution in [0.15, 0.2) is 24.3 Å². The highest BCUT2D eigenvalue weighted by Gasteiger charge is 2.50. The van der Waals surface area contributed by atoms with Gasteiger partial charge in [-0.15, -0.1) is 0 Å². The first-order valence-electron chi connectivity index (χ1n) is 7.98. The standard InChI is InChI=1S/C17H22FN3O3/c1-4-7-11(2)19-14(22)10-21-15(23)17(3,20-16(21)24)12-8-5-6-9-13(12)18/h5-6,8-9,11H,4,7,10H2,1-3H3,(H,19,22)(H,20,24)/t11-,17+/m0/s1. The van der Waals surface area contributed by atoms with Crippen LogP contribution in [0, 0.1) is 5.82 Å². The average Bonchev–Trinajstić information content (AvgIpc) is 2.72. The highest BCUT2D eigenvalue weighted by atomic mass is 19.1. The van der Waals surface area contributed by atoms with Crippen LogP contribution >= 0.6 is 0 Å². The van der Waals surface area contributed by atoms with Crippen LogP contribution in [0.5, 0.6) is 0 Å². The molecule has 0 aromatic heterocycles. The van der Waals surface area contributed by atoms with Gasteiger partial charge >= 0.3 is 6.03 Å². The van der Waals surface area contributed by atoms with Crippen LogP contribution in [-0.4, -0.2) is 35.3 Å². The molecule has 1 aromatic carbocycles. The maximum atomic E-state index is 14.0. The third-order valence-electron chi connectivity index (χ3n) is 4.12. The van der Waals surface area contributed by atoms with Gasteiger partial charge in [-0.3, -0.25) is 14.5 Å². The number of hydrogen-bond acceptors (Lipinski definition) is 3. The van der Waals surface area contributed by atoms with Crippen molar-refractivity contribution in [2.75, 3.05) is 6.54 Å². The Morgan fingerprint density at radius 1 is 1.38 bits per heavy atom. The lowest BCUT2D eigenvalue weighted by atomic mass is 9.91. The second-order valence-corrected chi connectivity index (χ2v) is 6.18. The lowest BCUT2D eigenvalue weighted by Crippen LogP contribution is -2.45. The maximum Gasteiger partial charge on any atom is 0.325 e. The molecule has 1 saturated heterocycles. The Morgan fingerprint density at radius 2 is 2.04 bits per heavy atom. The first kappa shape index (κ1) is 17.9. The number of nitrogens with zero attached hydrogens (tertiary/aromatic N) is 1. The molecule has 1 aliphatic rings. The highest BCUT2D eigenvalue weighted by Crippen LogP contribution is 2.30. The summed E-state index contributed by atoms with van der Waals surface area (Å²) in [6.45, 7) is 4.91. The third kappa shape index (κ3) is 3.39. The van der Waals surface area contributed by atoms with E-state index in [0.29, 0.717) is 0 Å². The van der Waals surface area contributed by atoms with Crippen LogP contribution in [-0.2, 0) is 15.1 Å². The van der Waals surface area contributed by atoms with Crippen LogP contribution in [0.25, 0.3) is 0 Å². The molecule has 7 heteroatoms. The summed E-state index contributed by atoms with van der Waals surface area (Å²) in [4.78, 5) is 37.6. The first-order chi connectivity index (χ1) is 11.3. The molecule has 6 nitrogen and oxygen atoms in total. The van der Waals surface area contributed by atoms with Crippen molar-refractivity contribution >= 4 is 17.8 Å². The number of imide groups is 1. The summed E-state index contributed by atoms with van der Waals surface area (Å²) in [6.07, 6.45) is 1.72. The summed E-state index contributed by atoms with van der Waals surface area (Å²) >= 11 is 0. The topological polar surface area (TPSA) is 78.5 Å². The molecule has 0 unspecified atom stereocenters. The molecule has 0 radical (unpaired) electrons. The molecule has 2 atom stereocenters. The van der Waals surface area contributed by atoms with Crippen LogP contribution in [0.2, 0.25) is 0 Å². The van der Waals surface area contributed by atoms with E-state index in [9.17, 15) is 18.8 Å². The molecule has 2 rings (SSSR count). The zero-order chi connectivity index (χ0) is 17.9. The average molecular weight is 335 g/mol. The van der Waals surface area contributed by atoms with Gasteiger partial charge in [0, 0.05) is 11.6 Å². The Labute approximate surface area is 140 Å². The number of amides is 4. The lowest BCUT2D eigenvalue weighted by Gasteiger charge is -2.22. The fourth-order valence-electron chi connectivity index (χ4n) is 2.86. The largest absolute Gasteiger partial charge is 0.352 e. The van der Waals surface area contributed by atoms with Crippen molar-refractivity contribution < 1.29 is 18.8 Å². The van der Waals surface area contributed by atoms with Gasteiger partial charge in [0.05, 0.1) is 0 Å². The van der Waals surface area contributed by atoms with Crippen LogP contribution in [0.1, 0.15) is 39.2 Å². The second kappa shape index (κ2) is 6.98. The molecule has 130 valence electrons. The summed E-state index contributed by atoms with van der Waals surface area (Å²) in [5, 5.41) is 5.23. The molecule has 0 aliphatic carbocycles. The minimum Gasteiger partial charge on any atom is -0.352 e. The van der Waals surface area contributed by atoms with Crippen LogP contribution in [0.4, 0.5) is 9.18 Å². The van der Waals surface area contributed by atoms with Crippen molar-refractivity contribution in [1.29, 1.82) is 0 Å². The predicted molar refractivity (Wildman–Crippen MR) is 86.5 cm³/mol. The molecule has 0 spiro atoms. The predicted octanol–water partition coefficient (Wildman–Crippen LogP) is 1.90. The van der Waals surface area contributed by atoms with E-state index in [2.05, 4.69) is 10.6 Å². The summed E-state index contributed by atoms with van der Waals surface area (Å²) < 4.78 is 14.0. The van der Waals surface area contributed by atoms with Crippen molar-refractivity contribution in [2.24, 2.45) is 0 Å². The molecular weight excluding hydrogens is 313 g/mol. The van der Waals surface area contributed by atoms with Crippen LogP contribution < -0.4 is 10.6 Å². The van der Waals surface area contributed by atoms with E-state index in [1.54, 1.807) is 6.07 Å². The molecule has 1 aliphatic heterocycles. The fourth-order valence-corrected chi connectivity index (χ4v) is 2.86. The van der Waals surface area contributed by atoms with Gasteiger partial charge in [0.1, 0.15) is 17.9 Å². The molecule has 0 bridgehead atoms. The molecule has 0 saturated carbocycles. The Bertz CT molecular complexity index is 664. The summed E-state index contributed by atoms with van der Waals surface area (Å²) in [5.41, 5.74) is -1.44. The molecule has 2 N–H and O–H groups in total. The second-order valence-electron chi connectivity index (χ2n) is 6.18. The molecule has 1 heterocycles. The number of urea groups is 1. The van der Waals surface area contributed by atoms with Gasteiger partial charge in [-0.2, -0.15) is 0 Å². The van der Waals surface area contributed by atoms with E-state index in [0.717, 1.165) is 17.7 Å². The Kier molecular flexibility index (Phi) is 5.21. The number of halogens is 1.